The van der Waals surface area contributed by atoms with Crippen LogP contribution in [-0.4, -0.2) is 17.9 Å². The molecule has 0 aliphatic heterocycles. The van der Waals surface area contributed by atoms with Gasteiger partial charge in [-0.1, -0.05) is 12.1 Å². The number of anilines is 2. The molecular weight excluding hydrogens is 354 g/mol. The Morgan fingerprint density at radius 1 is 0.963 bits per heavy atom. The molecule has 2 aromatic carbocycles. The van der Waals surface area contributed by atoms with E-state index in [2.05, 4.69) is 10.6 Å². The maximum atomic E-state index is 13.3. The summed E-state index contributed by atoms with van der Waals surface area (Å²) in [7, 11) is 0. The van der Waals surface area contributed by atoms with Crippen LogP contribution in [0.2, 0.25) is 0 Å². The molecule has 2 rings (SSSR count). The summed E-state index contributed by atoms with van der Waals surface area (Å²) in [5, 5.41) is 5.11. The average Bonchev–Trinajstić information content (AvgIpc) is 2.59. The van der Waals surface area contributed by atoms with Gasteiger partial charge < -0.3 is 15.4 Å². The van der Waals surface area contributed by atoms with E-state index < -0.39 is 28.9 Å². The zero-order valence-electron chi connectivity index (χ0n) is 15.6. The Morgan fingerprint density at radius 2 is 1.59 bits per heavy atom. The third kappa shape index (κ3) is 5.03. The summed E-state index contributed by atoms with van der Waals surface area (Å²) in [5.74, 6) is -2.85. The fraction of sp³-hybridized carbons (Fsp3) is 0.300. The minimum atomic E-state index is -1.48. The van der Waals surface area contributed by atoms with Gasteiger partial charge in [-0.15, -0.1) is 0 Å². The van der Waals surface area contributed by atoms with Gasteiger partial charge in [-0.05, 0) is 52.0 Å². The first kappa shape index (κ1) is 20.4. The van der Waals surface area contributed by atoms with Gasteiger partial charge in [-0.3, -0.25) is 9.59 Å². The molecule has 2 N–H and O–H groups in total. The van der Waals surface area contributed by atoms with E-state index in [0.717, 1.165) is 12.1 Å². The maximum Gasteiger partial charge on any atom is 0.239 e. The standard InChI is InChI=1S/C20H22F2N2O3/c1-12(2)27-17-8-6-5-7-16(17)24-19(26)20(3,4)18(25)23-13-9-10-14(21)15(22)11-13/h5-12H,1-4H3,(H,23,25)(H,24,26). The molecule has 7 heteroatoms. The normalized spacial score (nSPS) is 11.2. The number of carbonyl (C=O) groups excluding carboxylic acids is 2. The zero-order valence-corrected chi connectivity index (χ0v) is 15.6. The molecule has 144 valence electrons. The van der Waals surface area contributed by atoms with Crippen molar-refractivity contribution in [1.29, 1.82) is 0 Å². The van der Waals surface area contributed by atoms with Gasteiger partial charge in [0.2, 0.25) is 11.8 Å². The van der Waals surface area contributed by atoms with Gasteiger partial charge in [-0.25, -0.2) is 8.78 Å². The van der Waals surface area contributed by atoms with E-state index in [1.54, 1.807) is 24.3 Å². The SMILES string of the molecule is CC(C)Oc1ccccc1NC(=O)C(C)(C)C(=O)Nc1ccc(F)c(F)c1. The third-order valence-electron chi connectivity index (χ3n) is 3.81. The van der Waals surface area contributed by atoms with Crippen LogP contribution in [0.25, 0.3) is 0 Å². The highest BCUT2D eigenvalue weighted by Gasteiger charge is 2.36. The van der Waals surface area contributed by atoms with Crippen LogP contribution in [-0.2, 0) is 9.59 Å². The topological polar surface area (TPSA) is 67.4 Å². The minimum Gasteiger partial charge on any atom is -0.489 e. The van der Waals surface area contributed by atoms with E-state index in [1.165, 1.54) is 19.9 Å². The lowest BCUT2D eigenvalue weighted by atomic mass is 9.90. The van der Waals surface area contributed by atoms with Crippen molar-refractivity contribution < 1.29 is 23.1 Å². The van der Waals surface area contributed by atoms with Gasteiger partial charge >= 0.3 is 0 Å². The second-order valence-corrected chi connectivity index (χ2v) is 6.82. The van der Waals surface area contributed by atoms with Gasteiger partial charge in [0.25, 0.3) is 0 Å². The van der Waals surface area contributed by atoms with Crippen molar-refractivity contribution in [2.75, 3.05) is 10.6 Å². The van der Waals surface area contributed by atoms with Crippen LogP contribution in [0, 0.1) is 17.0 Å². The summed E-state index contributed by atoms with van der Waals surface area (Å²) in [5.41, 5.74) is -0.983. The second kappa shape index (κ2) is 8.16. The lowest BCUT2D eigenvalue weighted by molar-refractivity contribution is -0.135. The highest BCUT2D eigenvalue weighted by molar-refractivity contribution is 6.14. The molecule has 0 saturated carbocycles. The van der Waals surface area contributed by atoms with E-state index >= 15 is 0 Å². The number of carbonyl (C=O) groups is 2. The summed E-state index contributed by atoms with van der Waals surface area (Å²) in [6.45, 7) is 6.59. The van der Waals surface area contributed by atoms with Crippen LogP contribution in [0.1, 0.15) is 27.7 Å². The molecular formula is C20H22F2N2O3. The first-order valence-corrected chi connectivity index (χ1v) is 8.45. The molecule has 2 aromatic rings. The fourth-order valence-electron chi connectivity index (χ4n) is 2.17. The van der Waals surface area contributed by atoms with Crippen LogP contribution < -0.4 is 15.4 Å². The number of para-hydroxylation sites is 2. The van der Waals surface area contributed by atoms with Crippen LogP contribution in [0.5, 0.6) is 5.75 Å². The summed E-state index contributed by atoms with van der Waals surface area (Å²) in [6, 6.07) is 9.86. The van der Waals surface area contributed by atoms with Crippen molar-refractivity contribution >= 4 is 23.2 Å². The van der Waals surface area contributed by atoms with E-state index in [-0.39, 0.29) is 11.8 Å². The predicted molar refractivity (Wildman–Crippen MR) is 99.6 cm³/mol. The lowest BCUT2D eigenvalue weighted by Gasteiger charge is -2.24. The smallest absolute Gasteiger partial charge is 0.239 e. The lowest BCUT2D eigenvalue weighted by Crippen LogP contribution is -2.41. The van der Waals surface area contributed by atoms with E-state index in [1.807, 2.05) is 13.8 Å². The zero-order chi connectivity index (χ0) is 20.2. The van der Waals surface area contributed by atoms with Gasteiger partial charge in [0.05, 0.1) is 11.8 Å². The molecule has 0 fully saturated rings. The first-order chi connectivity index (χ1) is 12.6. The first-order valence-electron chi connectivity index (χ1n) is 8.45. The Hall–Kier alpha value is -2.96. The molecule has 0 unspecified atom stereocenters. The molecule has 0 spiro atoms. The Balaban J connectivity index is 2.14. The molecule has 0 bridgehead atoms. The number of nitrogens with one attached hydrogen (secondary N) is 2. The molecule has 27 heavy (non-hydrogen) atoms. The van der Waals surface area contributed by atoms with E-state index in [0.29, 0.717) is 11.4 Å². The molecule has 0 aromatic heterocycles. The van der Waals surface area contributed by atoms with Crippen LogP contribution in [0.4, 0.5) is 20.2 Å². The number of hydrogen-bond acceptors (Lipinski definition) is 3. The molecule has 0 aliphatic rings. The number of ether oxygens (including phenoxy) is 1. The summed E-state index contributed by atoms with van der Waals surface area (Å²) < 4.78 is 32.0. The van der Waals surface area contributed by atoms with Gasteiger partial charge in [0.1, 0.15) is 11.2 Å². The van der Waals surface area contributed by atoms with Gasteiger partial charge in [0.15, 0.2) is 11.6 Å². The van der Waals surface area contributed by atoms with Crippen molar-refractivity contribution in [2.45, 2.75) is 33.8 Å². The van der Waals surface area contributed by atoms with Gasteiger partial charge in [-0.2, -0.15) is 0 Å². The molecule has 0 heterocycles. The Labute approximate surface area is 156 Å². The van der Waals surface area contributed by atoms with Crippen LogP contribution >= 0.6 is 0 Å². The number of benzene rings is 2. The molecule has 0 aliphatic carbocycles. The van der Waals surface area contributed by atoms with Crippen LogP contribution in [0.3, 0.4) is 0 Å². The quantitative estimate of drug-likeness (QED) is 0.737. The number of amides is 2. The van der Waals surface area contributed by atoms with Crippen molar-refractivity contribution in [3.8, 4) is 5.75 Å². The van der Waals surface area contributed by atoms with Crippen molar-refractivity contribution in [3.05, 3.63) is 54.1 Å². The van der Waals surface area contributed by atoms with Crippen LogP contribution in [0.15, 0.2) is 42.5 Å². The average molecular weight is 376 g/mol. The molecule has 0 atom stereocenters. The Morgan fingerprint density at radius 3 is 2.22 bits per heavy atom. The molecule has 0 saturated heterocycles. The highest BCUT2D eigenvalue weighted by atomic mass is 19.2. The highest BCUT2D eigenvalue weighted by Crippen LogP contribution is 2.28. The number of rotatable bonds is 6. The summed E-state index contributed by atoms with van der Waals surface area (Å²) in [4.78, 5) is 25.2. The Kier molecular flexibility index (Phi) is 6.15. The summed E-state index contributed by atoms with van der Waals surface area (Å²) in [6.07, 6.45) is -0.0901. The van der Waals surface area contributed by atoms with Crippen molar-refractivity contribution in [2.24, 2.45) is 5.41 Å². The van der Waals surface area contributed by atoms with E-state index in [4.69, 9.17) is 4.74 Å². The Bertz CT molecular complexity index is 851. The molecule has 2 amide bonds. The maximum absolute atomic E-state index is 13.3. The number of hydrogen-bond donors (Lipinski definition) is 2. The van der Waals surface area contributed by atoms with Gasteiger partial charge in [0, 0.05) is 11.8 Å². The minimum absolute atomic E-state index is 0.0586. The number of halogens is 2. The molecule has 5 nitrogen and oxygen atoms in total. The fourth-order valence-corrected chi connectivity index (χ4v) is 2.17. The monoisotopic (exact) mass is 376 g/mol. The third-order valence-corrected chi connectivity index (χ3v) is 3.81. The predicted octanol–water partition coefficient (Wildman–Crippen LogP) is 4.36. The second-order valence-electron chi connectivity index (χ2n) is 6.82. The largest absolute Gasteiger partial charge is 0.489 e. The molecule has 0 radical (unpaired) electrons. The van der Waals surface area contributed by atoms with Crippen molar-refractivity contribution in [3.63, 3.8) is 0 Å². The van der Waals surface area contributed by atoms with E-state index in [9.17, 15) is 18.4 Å². The summed E-state index contributed by atoms with van der Waals surface area (Å²) >= 11 is 0. The van der Waals surface area contributed by atoms with Crippen molar-refractivity contribution in [1.82, 2.24) is 0 Å².